The molecule has 0 saturated carbocycles. The van der Waals surface area contributed by atoms with E-state index in [2.05, 4.69) is 10.5 Å². The van der Waals surface area contributed by atoms with E-state index in [0.717, 1.165) is 0 Å². The molecular weight excluding hydrogens is 303 g/mol. The summed E-state index contributed by atoms with van der Waals surface area (Å²) >= 11 is 11.7. The largest absolute Gasteiger partial charge is 0.506 e. The first-order valence-corrected chi connectivity index (χ1v) is 6.57. The number of amides is 1. The fraction of sp³-hybridized carbons (Fsp3) is 0.385. The van der Waals surface area contributed by atoms with Crippen molar-refractivity contribution in [3.63, 3.8) is 0 Å². The summed E-state index contributed by atoms with van der Waals surface area (Å²) in [6.07, 6.45) is -0.690. The van der Waals surface area contributed by atoms with Crippen molar-refractivity contribution in [2.45, 2.75) is 33.3 Å². The van der Waals surface area contributed by atoms with Gasteiger partial charge >= 0.3 is 6.09 Å². The lowest BCUT2D eigenvalue weighted by Crippen LogP contribution is -2.30. The van der Waals surface area contributed by atoms with Crippen LogP contribution in [0.3, 0.4) is 0 Å². The average Bonchev–Trinajstić information content (AvgIpc) is 2.28. The van der Waals surface area contributed by atoms with Gasteiger partial charge < -0.3 is 9.84 Å². The molecule has 20 heavy (non-hydrogen) atoms. The number of hydrogen-bond acceptors (Lipinski definition) is 4. The molecule has 1 rings (SSSR count). The lowest BCUT2D eigenvalue weighted by Gasteiger charge is -2.18. The quantitative estimate of drug-likeness (QED) is 0.640. The third-order valence-electron chi connectivity index (χ3n) is 2.13. The van der Waals surface area contributed by atoms with Gasteiger partial charge in [-0.1, -0.05) is 23.2 Å². The lowest BCUT2D eigenvalue weighted by molar-refractivity contribution is 0.0529. The van der Waals surface area contributed by atoms with E-state index in [1.54, 1.807) is 27.7 Å². The van der Waals surface area contributed by atoms with Crippen molar-refractivity contribution in [1.29, 1.82) is 0 Å². The van der Waals surface area contributed by atoms with Gasteiger partial charge in [0.2, 0.25) is 0 Å². The van der Waals surface area contributed by atoms with Gasteiger partial charge in [0.15, 0.2) is 0 Å². The Bertz CT molecular complexity index is 551. The highest BCUT2D eigenvalue weighted by atomic mass is 35.5. The molecule has 1 amide bonds. The summed E-state index contributed by atoms with van der Waals surface area (Å²) in [4.78, 5) is 11.5. The molecule has 0 fully saturated rings. The van der Waals surface area contributed by atoms with Gasteiger partial charge in [-0.25, -0.2) is 10.2 Å². The predicted molar refractivity (Wildman–Crippen MR) is 79.7 cm³/mol. The van der Waals surface area contributed by atoms with Gasteiger partial charge in [-0.15, -0.1) is 0 Å². The summed E-state index contributed by atoms with van der Waals surface area (Å²) in [5, 5.41) is 14.1. The van der Waals surface area contributed by atoms with Crippen molar-refractivity contribution >= 4 is 35.0 Å². The van der Waals surface area contributed by atoms with E-state index >= 15 is 0 Å². The zero-order valence-corrected chi connectivity index (χ0v) is 13.1. The van der Waals surface area contributed by atoms with E-state index in [-0.39, 0.29) is 10.8 Å². The molecule has 0 heterocycles. The summed E-state index contributed by atoms with van der Waals surface area (Å²) in [7, 11) is 0. The third-order valence-corrected chi connectivity index (χ3v) is 2.64. The van der Waals surface area contributed by atoms with Crippen molar-refractivity contribution in [2.24, 2.45) is 5.10 Å². The molecule has 1 aromatic carbocycles. The molecule has 0 unspecified atom stereocenters. The van der Waals surface area contributed by atoms with Gasteiger partial charge in [0.25, 0.3) is 0 Å². The zero-order valence-electron chi connectivity index (χ0n) is 11.6. The Hall–Kier alpha value is -1.46. The second-order valence-corrected chi connectivity index (χ2v) is 5.94. The van der Waals surface area contributed by atoms with Crippen molar-refractivity contribution in [2.75, 3.05) is 0 Å². The molecule has 0 aliphatic heterocycles. The molecule has 110 valence electrons. The molecular formula is C13H16Cl2N2O3. The highest BCUT2D eigenvalue weighted by Crippen LogP contribution is 2.31. The number of halogens is 2. The molecule has 0 radical (unpaired) electrons. The molecule has 1 aromatic rings. The van der Waals surface area contributed by atoms with Crippen LogP contribution < -0.4 is 5.43 Å². The molecule has 0 aliphatic rings. The highest BCUT2D eigenvalue weighted by Gasteiger charge is 2.16. The molecule has 0 aliphatic carbocycles. The van der Waals surface area contributed by atoms with E-state index in [0.29, 0.717) is 16.3 Å². The van der Waals surface area contributed by atoms with Crippen molar-refractivity contribution in [1.82, 2.24) is 5.43 Å². The Morgan fingerprint density at radius 3 is 2.50 bits per heavy atom. The first kappa shape index (κ1) is 16.6. The van der Waals surface area contributed by atoms with Gasteiger partial charge in [0, 0.05) is 10.6 Å². The minimum atomic E-state index is -0.690. The molecule has 7 heteroatoms. The Kier molecular flexibility index (Phi) is 5.25. The van der Waals surface area contributed by atoms with Crippen LogP contribution in [0.1, 0.15) is 33.3 Å². The van der Waals surface area contributed by atoms with Crippen LogP contribution in [0.15, 0.2) is 17.2 Å². The van der Waals surface area contributed by atoms with E-state index in [9.17, 15) is 9.90 Å². The number of hydrogen-bond donors (Lipinski definition) is 2. The normalized spacial score (nSPS) is 12.2. The Labute approximate surface area is 127 Å². The molecule has 0 spiro atoms. The molecule has 0 bridgehead atoms. The van der Waals surface area contributed by atoms with E-state index in [1.807, 2.05) is 0 Å². The number of phenolic OH excluding ortho intramolecular Hbond substituents is 1. The van der Waals surface area contributed by atoms with Gasteiger partial charge in [-0.2, -0.15) is 5.10 Å². The van der Waals surface area contributed by atoms with Crippen molar-refractivity contribution in [3.05, 3.63) is 27.7 Å². The lowest BCUT2D eigenvalue weighted by atomic mass is 10.1. The fourth-order valence-corrected chi connectivity index (χ4v) is 1.83. The topological polar surface area (TPSA) is 70.9 Å². The summed E-state index contributed by atoms with van der Waals surface area (Å²) < 4.78 is 5.03. The third kappa shape index (κ3) is 4.90. The van der Waals surface area contributed by atoms with Crippen LogP contribution in [-0.4, -0.2) is 22.5 Å². The van der Waals surface area contributed by atoms with Crippen LogP contribution in [-0.2, 0) is 4.74 Å². The number of nitrogens with one attached hydrogen (secondary N) is 1. The van der Waals surface area contributed by atoms with Crippen LogP contribution >= 0.6 is 23.2 Å². The zero-order chi connectivity index (χ0) is 15.5. The number of ether oxygens (including phenoxy) is 1. The molecule has 0 atom stereocenters. The van der Waals surface area contributed by atoms with Crippen LogP contribution in [0, 0.1) is 0 Å². The highest BCUT2D eigenvalue weighted by molar-refractivity contribution is 6.36. The van der Waals surface area contributed by atoms with E-state index < -0.39 is 11.7 Å². The number of phenols is 1. The van der Waals surface area contributed by atoms with Gasteiger partial charge in [0.1, 0.15) is 11.4 Å². The molecule has 0 aromatic heterocycles. The van der Waals surface area contributed by atoms with Crippen LogP contribution in [0.4, 0.5) is 4.79 Å². The molecule has 5 nitrogen and oxygen atoms in total. The minimum absolute atomic E-state index is 0.110. The first-order chi connectivity index (χ1) is 9.10. The fourth-order valence-electron chi connectivity index (χ4n) is 1.33. The van der Waals surface area contributed by atoms with Crippen LogP contribution in [0.2, 0.25) is 10.0 Å². The second-order valence-electron chi connectivity index (χ2n) is 5.09. The second kappa shape index (κ2) is 6.33. The van der Waals surface area contributed by atoms with Crippen LogP contribution in [0.25, 0.3) is 0 Å². The Balaban J connectivity index is 2.88. The maximum atomic E-state index is 11.5. The van der Waals surface area contributed by atoms with Gasteiger partial charge in [-0.3, -0.25) is 0 Å². The Morgan fingerprint density at radius 2 is 1.95 bits per heavy atom. The summed E-state index contributed by atoms with van der Waals surface area (Å²) in [5.41, 5.74) is 2.29. The number of hydrazone groups is 1. The monoisotopic (exact) mass is 318 g/mol. The maximum Gasteiger partial charge on any atom is 0.428 e. The smallest absolute Gasteiger partial charge is 0.428 e. The SMILES string of the molecule is C/C(=N\NC(=O)OC(C)(C)C)c1cc(Cl)cc(Cl)c1O. The number of carbonyl (C=O) groups is 1. The van der Waals surface area contributed by atoms with E-state index in [4.69, 9.17) is 27.9 Å². The number of rotatable bonds is 2. The standard InChI is InChI=1S/C13H16Cl2N2O3/c1-7(16-17-12(19)20-13(2,3)4)9-5-8(14)6-10(15)11(9)18/h5-6,18H,1-4H3,(H,17,19)/b16-7+. The summed E-state index contributed by atoms with van der Waals surface area (Å²) in [6, 6.07) is 2.91. The minimum Gasteiger partial charge on any atom is -0.506 e. The summed E-state index contributed by atoms with van der Waals surface area (Å²) in [6.45, 7) is 6.82. The average molecular weight is 319 g/mol. The number of aromatic hydroxyl groups is 1. The number of nitrogens with zero attached hydrogens (tertiary/aromatic N) is 1. The van der Waals surface area contributed by atoms with Crippen molar-refractivity contribution < 1.29 is 14.6 Å². The van der Waals surface area contributed by atoms with E-state index in [1.165, 1.54) is 12.1 Å². The maximum absolute atomic E-state index is 11.5. The van der Waals surface area contributed by atoms with Gasteiger partial charge in [-0.05, 0) is 39.8 Å². The molecule has 2 N–H and O–H groups in total. The number of benzene rings is 1. The first-order valence-electron chi connectivity index (χ1n) is 5.82. The number of carbonyl (C=O) groups excluding carboxylic acids is 1. The Morgan fingerprint density at radius 1 is 1.35 bits per heavy atom. The molecule has 0 saturated heterocycles. The van der Waals surface area contributed by atoms with Crippen LogP contribution in [0.5, 0.6) is 5.75 Å². The predicted octanol–water partition coefficient (Wildman–Crippen LogP) is 3.95. The summed E-state index contributed by atoms with van der Waals surface area (Å²) in [5.74, 6) is -0.150. The van der Waals surface area contributed by atoms with Gasteiger partial charge in [0.05, 0.1) is 10.7 Å². The van der Waals surface area contributed by atoms with Crippen molar-refractivity contribution in [3.8, 4) is 5.75 Å².